The average Bonchev–Trinajstić information content (AvgIpc) is 2.89. The average molecular weight is 511 g/mol. The molecule has 0 unspecified atom stereocenters. The molecule has 8 heteroatoms. The largest absolute Gasteiger partial charge is 0.497 e. The molecule has 0 spiro atoms. The molecule has 1 N–H and O–H groups in total. The summed E-state index contributed by atoms with van der Waals surface area (Å²) in [6.45, 7) is 4.92. The second kappa shape index (κ2) is 12.4. The molecule has 0 aromatic heterocycles. The minimum Gasteiger partial charge on any atom is -0.497 e. The van der Waals surface area contributed by atoms with Gasteiger partial charge in [-0.1, -0.05) is 44.2 Å². The first-order chi connectivity index (χ1) is 17.3. The van der Waals surface area contributed by atoms with E-state index in [1.54, 1.807) is 31.4 Å². The number of ether oxygens (including phenoxy) is 2. The van der Waals surface area contributed by atoms with Crippen molar-refractivity contribution in [1.82, 2.24) is 5.32 Å². The van der Waals surface area contributed by atoms with E-state index >= 15 is 0 Å². The van der Waals surface area contributed by atoms with Crippen molar-refractivity contribution in [3.63, 3.8) is 0 Å². The van der Waals surface area contributed by atoms with E-state index in [9.17, 15) is 13.2 Å². The van der Waals surface area contributed by atoms with Crippen LogP contribution in [0.3, 0.4) is 0 Å². The Labute approximate surface area is 214 Å². The van der Waals surface area contributed by atoms with Crippen LogP contribution in [0.25, 0.3) is 0 Å². The van der Waals surface area contributed by atoms with Crippen LogP contribution in [-0.4, -0.2) is 40.8 Å². The molecule has 0 radical (unpaired) electrons. The summed E-state index contributed by atoms with van der Waals surface area (Å²) in [6.07, 6.45) is 2.70. The second-order valence-corrected chi connectivity index (χ2v) is 10.3. The van der Waals surface area contributed by atoms with Crippen LogP contribution in [0.2, 0.25) is 0 Å². The van der Waals surface area contributed by atoms with Crippen molar-refractivity contribution in [2.45, 2.75) is 33.2 Å². The van der Waals surface area contributed by atoms with E-state index in [0.717, 1.165) is 41.0 Å². The van der Waals surface area contributed by atoms with Crippen molar-refractivity contribution in [3.05, 3.63) is 89.0 Å². The Morgan fingerprint density at radius 3 is 2.00 bits per heavy atom. The van der Waals surface area contributed by atoms with Crippen LogP contribution in [-0.2, 0) is 29.4 Å². The van der Waals surface area contributed by atoms with Gasteiger partial charge in [-0.3, -0.25) is 9.10 Å². The summed E-state index contributed by atoms with van der Waals surface area (Å²) in [7, 11) is -1.91. The molecular formula is C28H34N2O5S. The lowest BCUT2D eigenvalue weighted by Crippen LogP contribution is -2.31. The molecule has 0 fully saturated rings. The molecule has 0 bridgehead atoms. The fourth-order valence-corrected chi connectivity index (χ4v) is 4.88. The molecule has 0 saturated carbocycles. The molecule has 1 amide bonds. The van der Waals surface area contributed by atoms with Gasteiger partial charge in [0.2, 0.25) is 10.0 Å². The van der Waals surface area contributed by atoms with Crippen LogP contribution in [0, 0.1) is 0 Å². The van der Waals surface area contributed by atoms with Gasteiger partial charge in [0, 0.05) is 5.56 Å². The first-order valence-corrected chi connectivity index (χ1v) is 13.8. The summed E-state index contributed by atoms with van der Waals surface area (Å²) in [5.74, 6) is 1.23. The van der Waals surface area contributed by atoms with Gasteiger partial charge in [0.1, 0.15) is 18.1 Å². The fourth-order valence-electron chi connectivity index (χ4n) is 3.93. The van der Waals surface area contributed by atoms with Gasteiger partial charge in [-0.05, 0) is 65.9 Å². The molecule has 0 heterocycles. The molecule has 36 heavy (non-hydrogen) atoms. The first-order valence-electron chi connectivity index (χ1n) is 12.0. The Hall–Kier alpha value is -3.52. The standard InChI is InChI=1S/C28H34N2O5S/c1-5-22-8-7-9-23(6-2)27(22)30(36(4,32)33)20-21-10-12-24(13-11-21)28(31)29-18-19-35-26-16-14-25(34-3)15-17-26/h7-17H,5-6,18-20H2,1-4H3,(H,29,31). The Balaban J connectivity index is 1.63. The number of amides is 1. The lowest BCUT2D eigenvalue weighted by atomic mass is 10.0. The first kappa shape index (κ1) is 27.1. The van der Waals surface area contributed by atoms with E-state index in [1.165, 1.54) is 10.6 Å². The predicted molar refractivity (Wildman–Crippen MR) is 143 cm³/mol. The zero-order valence-corrected chi connectivity index (χ0v) is 22.1. The third kappa shape index (κ3) is 7.01. The number of carbonyl (C=O) groups is 1. The molecule has 0 aliphatic carbocycles. The molecule has 3 aromatic carbocycles. The molecule has 0 aliphatic heterocycles. The number of carbonyl (C=O) groups excluding carboxylic acids is 1. The van der Waals surface area contributed by atoms with Gasteiger partial charge in [-0.15, -0.1) is 0 Å². The highest BCUT2D eigenvalue weighted by molar-refractivity contribution is 7.92. The number of rotatable bonds is 12. The number of benzene rings is 3. The Kier molecular flexibility index (Phi) is 9.36. The van der Waals surface area contributed by atoms with Crippen LogP contribution in [0.1, 0.15) is 40.9 Å². The summed E-state index contributed by atoms with van der Waals surface area (Å²) >= 11 is 0. The van der Waals surface area contributed by atoms with Gasteiger partial charge in [0.05, 0.1) is 32.1 Å². The minimum absolute atomic E-state index is 0.195. The molecular weight excluding hydrogens is 476 g/mol. The maximum absolute atomic E-state index is 12.8. The van der Waals surface area contributed by atoms with E-state index in [2.05, 4.69) is 5.32 Å². The fraction of sp³-hybridized carbons (Fsp3) is 0.321. The number of hydrogen-bond acceptors (Lipinski definition) is 5. The lowest BCUT2D eigenvalue weighted by molar-refractivity contribution is 0.0947. The number of nitrogens with zero attached hydrogens (tertiary/aromatic N) is 1. The third-order valence-corrected chi connectivity index (χ3v) is 6.99. The maximum Gasteiger partial charge on any atom is 0.251 e. The van der Waals surface area contributed by atoms with Crippen molar-refractivity contribution in [1.29, 1.82) is 0 Å². The van der Waals surface area contributed by atoms with Crippen molar-refractivity contribution in [2.24, 2.45) is 0 Å². The van der Waals surface area contributed by atoms with Crippen LogP contribution in [0.5, 0.6) is 11.5 Å². The summed E-state index contributed by atoms with van der Waals surface area (Å²) < 4.78 is 37.8. The molecule has 0 atom stereocenters. The molecule has 3 rings (SSSR count). The molecule has 7 nitrogen and oxygen atoms in total. The number of nitrogens with one attached hydrogen (secondary N) is 1. The Morgan fingerprint density at radius 1 is 0.889 bits per heavy atom. The summed E-state index contributed by atoms with van der Waals surface area (Å²) in [6, 6.07) is 20.2. The normalized spacial score (nSPS) is 11.1. The van der Waals surface area contributed by atoms with E-state index in [1.807, 2.05) is 56.3 Å². The highest BCUT2D eigenvalue weighted by Gasteiger charge is 2.23. The zero-order valence-electron chi connectivity index (χ0n) is 21.3. The van der Waals surface area contributed by atoms with Crippen molar-refractivity contribution in [3.8, 4) is 11.5 Å². The Morgan fingerprint density at radius 2 is 1.47 bits per heavy atom. The Bertz CT molecular complexity index is 1230. The third-order valence-electron chi connectivity index (χ3n) is 5.87. The summed E-state index contributed by atoms with van der Waals surface area (Å²) in [4.78, 5) is 12.5. The van der Waals surface area contributed by atoms with Crippen LogP contribution >= 0.6 is 0 Å². The van der Waals surface area contributed by atoms with Gasteiger partial charge in [-0.25, -0.2) is 8.42 Å². The summed E-state index contributed by atoms with van der Waals surface area (Å²) in [5.41, 5.74) is 4.04. The number of hydrogen-bond donors (Lipinski definition) is 1. The van der Waals surface area contributed by atoms with E-state index in [4.69, 9.17) is 9.47 Å². The van der Waals surface area contributed by atoms with Gasteiger partial charge < -0.3 is 14.8 Å². The van der Waals surface area contributed by atoms with E-state index in [0.29, 0.717) is 24.5 Å². The van der Waals surface area contributed by atoms with Gasteiger partial charge in [0.15, 0.2) is 0 Å². The second-order valence-electron chi connectivity index (χ2n) is 8.38. The smallest absolute Gasteiger partial charge is 0.251 e. The van der Waals surface area contributed by atoms with Crippen molar-refractivity contribution < 1.29 is 22.7 Å². The molecule has 3 aromatic rings. The topological polar surface area (TPSA) is 84.9 Å². The maximum atomic E-state index is 12.8. The predicted octanol–water partition coefficient (Wildman–Crippen LogP) is 4.60. The quantitative estimate of drug-likeness (QED) is 0.360. The molecule has 192 valence electrons. The minimum atomic E-state index is -3.52. The van der Waals surface area contributed by atoms with E-state index in [-0.39, 0.29) is 12.5 Å². The highest BCUT2D eigenvalue weighted by Crippen LogP contribution is 2.30. The number of sulfonamides is 1. The zero-order chi connectivity index (χ0) is 26.1. The van der Waals surface area contributed by atoms with Gasteiger partial charge in [-0.2, -0.15) is 0 Å². The summed E-state index contributed by atoms with van der Waals surface area (Å²) in [5, 5.41) is 2.84. The van der Waals surface area contributed by atoms with Gasteiger partial charge >= 0.3 is 0 Å². The van der Waals surface area contributed by atoms with Gasteiger partial charge in [0.25, 0.3) is 5.91 Å². The molecule has 0 saturated heterocycles. The lowest BCUT2D eigenvalue weighted by Gasteiger charge is -2.27. The van der Waals surface area contributed by atoms with E-state index < -0.39 is 10.0 Å². The van der Waals surface area contributed by atoms with Crippen LogP contribution in [0.4, 0.5) is 5.69 Å². The highest BCUT2D eigenvalue weighted by atomic mass is 32.2. The van der Waals surface area contributed by atoms with Crippen LogP contribution in [0.15, 0.2) is 66.7 Å². The number of para-hydroxylation sites is 1. The monoisotopic (exact) mass is 510 g/mol. The van der Waals surface area contributed by atoms with Crippen molar-refractivity contribution in [2.75, 3.05) is 30.8 Å². The van der Waals surface area contributed by atoms with Crippen molar-refractivity contribution >= 4 is 21.6 Å². The van der Waals surface area contributed by atoms with Crippen LogP contribution < -0.4 is 19.1 Å². The SMILES string of the molecule is CCc1cccc(CC)c1N(Cc1ccc(C(=O)NCCOc2ccc(OC)cc2)cc1)S(C)(=O)=O. The number of methoxy groups -OCH3 is 1. The number of aryl methyl sites for hydroxylation is 2. The number of anilines is 1. The molecule has 0 aliphatic rings.